The smallest absolute Gasteiger partial charge is 0.328 e. The molecule has 7 nitrogen and oxygen atoms in total. The Morgan fingerprint density at radius 3 is 2.52 bits per heavy atom. The van der Waals surface area contributed by atoms with Crippen LogP contribution >= 0.6 is 0 Å². The Hall–Kier alpha value is -2.44. The number of carboxylic acids is 1. The lowest BCUT2D eigenvalue weighted by atomic mass is 10.0. The van der Waals surface area contributed by atoms with Gasteiger partial charge in [-0.25, -0.2) is 9.48 Å². The van der Waals surface area contributed by atoms with E-state index in [4.69, 9.17) is 4.74 Å². The summed E-state index contributed by atoms with van der Waals surface area (Å²) in [5.74, 6) is 0.249. The first kappa shape index (κ1) is 15.0. The minimum absolute atomic E-state index is 0.111. The van der Waals surface area contributed by atoms with E-state index in [0.717, 1.165) is 11.3 Å². The highest BCUT2D eigenvalue weighted by molar-refractivity contribution is 5.72. The molecule has 0 radical (unpaired) electrons. The van der Waals surface area contributed by atoms with E-state index >= 15 is 0 Å². The molecule has 1 unspecified atom stereocenters. The first-order valence-electron chi connectivity index (χ1n) is 6.65. The van der Waals surface area contributed by atoms with Crippen molar-refractivity contribution in [2.24, 2.45) is 5.92 Å². The van der Waals surface area contributed by atoms with Crippen molar-refractivity contribution < 1.29 is 14.6 Å². The molecule has 0 saturated heterocycles. The van der Waals surface area contributed by atoms with Crippen LogP contribution in [0.25, 0.3) is 0 Å². The third kappa shape index (κ3) is 3.36. The van der Waals surface area contributed by atoms with Gasteiger partial charge < -0.3 is 9.84 Å². The first-order valence-corrected chi connectivity index (χ1v) is 6.65. The minimum atomic E-state index is -0.937. The maximum atomic E-state index is 11.4. The topological polar surface area (TPSA) is 90.1 Å². The van der Waals surface area contributed by atoms with Crippen LogP contribution < -0.4 is 4.74 Å². The number of ether oxygens (including phenoxy) is 1. The molecular weight excluding hydrogens is 272 g/mol. The SMILES string of the molecule is COc1ccc(Cc2nnnn2C(C(=O)O)C(C)C)cc1. The van der Waals surface area contributed by atoms with Crippen molar-refractivity contribution in [1.82, 2.24) is 20.2 Å². The van der Waals surface area contributed by atoms with Crippen molar-refractivity contribution in [2.75, 3.05) is 7.11 Å². The number of aromatic nitrogens is 4. The number of hydrogen-bond acceptors (Lipinski definition) is 5. The lowest BCUT2D eigenvalue weighted by Gasteiger charge is -2.17. The molecule has 0 aliphatic rings. The molecule has 0 fully saturated rings. The first-order chi connectivity index (χ1) is 10.0. The molecule has 0 bridgehead atoms. The van der Waals surface area contributed by atoms with Gasteiger partial charge in [0, 0.05) is 6.42 Å². The summed E-state index contributed by atoms with van der Waals surface area (Å²) in [6.45, 7) is 3.66. The van der Waals surface area contributed by atoms with Gasteiger partial charge in [-0.05, 0) is 34.0 Å². The molecule has 1 aromatic heterocycles. The number of carboxylic acid groups (broad SMARTS) is 1. The maximum Gasteiger partial charge on any atom is 0.328 e. The Morgan fingerprint density at radius 1 is 1.33 bits per heavy atom. The molecule has 1 heterocycles. The number of carbonyl (C=O) groups is 1. The summed E-state index contributed by atoms with van der Waals surface area (Å²) < 4.78 is 6.49. The highest BCUT2D eigenvalue weighted by Gasteiger charge is 2.27. The van der Waals surface area contributed by atoms with Crippen LogP contribution in [0, 0.1) is 5.92 Å². The fourth-order valence-electron chi connectivity index (χ4n) is 2.14. The standard InChI is InChI=1S/C14H18N4O3/c1-9(2)13(14(19)20)18-12(15-16-17-18)8-10-4-6-11(21-3)7-5-10/h4-7,9,13H,8H2,1-3H3,(H,19,20). The van der Waals surface area contributed by atoms with E-state index in [9.17, 15) is 9.90 Å². The van der Waals surface area contributed by atoms with Gasteiger partial charge in [-0.3, -0.25) is 0 Å². The second-order valence-corrected chi connectivity index (χ2v) is 5.09. The largest absolute Gasteiger partial charge is 0.497 e. The maximum absolute atomic E-state index is 11.4. The van der Waals surface area contributed by atoms with Crippen LogP contribution in [0.3, 0.4) is 0 Å². The highest BCUT2D eigenvalue weighted by atomic mass is 16.5. The normalized spacial score (nSPS) is 12.4. The second-order valence-electron chi connectivity index (χ2n) is 5.09. The zero-order chi connectivity index (χ0) is 15.4. The predicted octanol–water partition coefficient (Wildman–Crippen LogP) is 1.55. The van der Waals surface area contributed by atoms with Crippen molar-refractivity contribution in [3.8, 4) is 5.75 Å². The van der Waals surface area contributed by atoms with E-state index < -0.39 is 12.0 Å². The Bertz CT molecular complexity index is 607. The lowest BCUT2D eigenvalue weighted by molar-refractivity contribution is -0.142. The fourth-order valence-corrected chi connectivity index (χ4v) is 2.14. The number of benzene rings is 1. The molecule has 1 N–H and O–H groups in total. The molecule has 0 aliphatic heterocycles. The van der Waals surface area contributed by atoms with Gasteiger partial charge in [0.05, 0.1) is 7.11 Å². The van der Waals surface area contributed by atoms with Crippen molar-refractivity contribution in [2.45, 2.75) is 26.3 Å². The van der Waals surface area contributed by atoms with Gasteiger partial charge >= 0.3 is 5.97 Å². The zero-order valence-corrected chi connectivity index (χ0v) is 12.2. The summed E-state index contributed by atoms with van der Waals surface area (Å²) in [5.41, 5.74) is 0.986. The molecule has 2 rings (SSSR count). The number of nitrogens with zero attached hydrogens (tertiary/aromatic N) is 4. The molecule has 7 heteroatoms. The van der Waals surface area contributed by atoms with Gasteiger partial charge in [0.25, 0.3) is 0 Å². The van der Waals surface area contributed by atoms with Gasteiger partial charge in [0.15, 0.2) is 11.9 Å². The summed E-state index contributed by atoms with van der Waals surface area (Å²) in [4.78, 5) is 11.4. The predicted molar refractivity (Wildman–Crippen MR) is 75.1 cm³/mol. The number of rotatable bonds is 6. The van der Waals surface area contributed by atoms with Gasteiger partial charge in [0.1, 0.15) is 5.75 Å². The van der Waals surface area contributed by atoms with Crippen LogP contribution in [0.4, 0.5) is 0 Å². The Balaban J connectivity index is 2.25. The van der Waals surface area contributed by atoms with Crippen LogP contribution in [0.1, 0.15) is 31.3 Å². The molecule has 2 aromatic rings. The Labute approximate surface area is 122 Å². The third-order valence-electron chi connectivity index (χ3n) is 3.23. The third-order valence-corrected chi connectivity index (χ3v) is 3.23. The summed E-state index contributed by atoms with van der Waals surface area (Å²) in [6.07, 6.45) is 0.466. The van der Waals surface area contributed by atoms with E-state index in [1.165, 1.54) is 4.68 Å². The number of aliphatic carboxylic acids is 1. The van der Waals surface area contributed by atoms with E-state index in [1.54, 1.807) is 7.11 Å². The number of methoxy groups -OCH3 is 1. The van der Waals surface area contributed by atoms with Crippen molar-refractivity contribution >= 4 is 5.97 Å². The molecular formula is C14H18N4O3. The fraction of sp³-hybridized carbons (Fsp3) is 0.429. The number of hydrogen-bond donors (Lipinski definition) is 1. The molecule has 0 aliphatic carbocycles. The van der Waals surface area contributed by atoms with Gasteiger partial charge in [-0.15, -0.1) is 5.10 Å². The van der Waals surface area contributed by atoms with Crippen LogP contribution in [0.5, 0.6) is 5.75 Å². The Kier molecular flexibility index (Phi) is 4.52. The highest BCUT2D eigenvalue weighted by Crippen LogP contribution is 2.20. The van der Waals surface area contributed by atoms with E-state index in [-0.39, 0.29) is 5.92 Å². The summed E-state index contributed by atoms with van der Waals surface area (Å²) in [5, 5.41) is 20.7. The lowest BCUT2D eigenvalue weighted by Crippen LogP contribution is -2.27. The monoisotopic (exact) mass is 290 g/mol. The summed E-state index contributed by atoms with van der Waals surface area (Å²) in [6, 6.07) is 6.74. The zero-order valence-electron chi connectivity index (χ0n) is 12.2. The van der Waals surface area contributed by atoms with E-state index in [2.05, 4.69) is 15.5 Å². The summed E-state index contributed by atoms with van der Waals surface area (Å²) in [7, 11) is 1.61. The van der Waals surface area contributed by atoms with Crippen molar-refractivity contribution in [1.29, 1.82) is 0 Å². The average molecular weight is 290 g/mol. The molecule has 0 saturated carbocycles. The van der Waals surface area contributed by atoms with E-state index in [1.807, 2.05) is 38.1 Å². The molecule has 1 atom stereocenters. The second kappa shape index (κ2) is 6.34. The van der Waals surface area contributed by atoms with Crippen LogP contribution in [-0.2, 0) is 11.2 Å². The minimum Gasteiger partial charge on any atom is -0.497 e. The van der Waals surface area contributed by atoms with Gasteiger partial charge in [0.2, 0.25) is 0 Å². The van der Waals surface area contributed by atoms with E-state index in [0.29, 0.717) is 12.2 Å². The van der Waals surface area contributed by atoms with Crippen molar-refractivity contribution in [3.63, 3.8) is 0 Å². The van der Waals surface area contributed by atoms with Gasteiger partial charge in [-0.1, -0.05) is 26.0 Å². The molecule has 1 aromatic carbocycles. The van der Waals surface area contributed by atoms with Gasteiger partial charge in [-0.2, -0.15) is 0 Å². The summed E-state index contributed by atoms with van der Waals surface area (Å²) >= 11 is 0. The number of tetrazole rings is 1. The quantitative estimate of drug-likeness (QED) is 0.868. The Morgan fingerprint density at radius 2 is 2.00 bits per heavy atom. The van der Waals surface area contributed by atoms with Crippen LogP contribution in [0.2, 0.25) is 0 Å². The molecule has 0 spiro atoms. The average Bonchev–Trinajstić information content (AvgIpc) is 2.87. The van der Waals surface area contributed by atoms with Crippen molar-refractivity contribution in [3.05, 3.63) is 35.7 Å². The molecule has 0 amide bonds. The molecule has 112 valence electrons. The van der Waals surface area contributed by atoms with Crippen LogP contribution in [0.15, 0.2) is 24.3 Å². The van der Waals surface area contributed by atoms with Crippen LogP contribution in [-0.4, -0.2) is 38.4 Å². The molecule has 21 heavy (non-hydrogen) atoms.